The minimum absolute atomic E-state index is 0.0240. The highest BCUT2D eigenvalue weighted by atomic mass is 35.5. The first-order valence-corrected chi connectivity index (χ1v) is 5.87. The molecule has 0 aliphatic heterocycles. The zero-order valence-corrected chi connectivity index (χ0v) is 11.1. The molecule has 98 valence electrons. The van der Waals surface area contributed by atoms with E-state index >= 15 is 0 Å². The van der Waals surface area contributed by atoms with Crippen molar-refractivity contribution in [1.82, 2.24) is 4.90 Å². The van der Waals surface area contributed by atoms with E-state index in [1.54, 1.807) is 24.3 Å². The van der Waals surface area contributed by atoms with Crippen LogP contribution in [0.4, 0.5) is 0 Å². The molecule has 0 bridgehead atoms. The van der Waals surface area contributed by atoms with Crippen LogP contribution in [-0.4, -0.2) is 34.4 Å². The molecule has 0 saturated heterocycles. The lowest BCUT2D eigenvalue weighted by Gasteiger charge is -2.26. The molecule has 0 radical (unpaired) electrons. The number of rotatable bonds is 4. The van der Waals surface area contributed by atoms with Gasteiger partial charge in [-0.15, -0.1) is 0 Å². The smallest absolute Gasteiger partial charge is 0.256 e. The van der Waals surface area contributed by atoms with E-state index in [1.807, 2.05) is 13.8 Å². The van der Waals surface area contributed by atoms with Crippen molar-refractivity contribution in [3.8, 4) is 0 Å². The van der Waals surface area contributed by atoms with Crippen LogP contribution in [0.2, 0.25) is 5.02 Å². The summed E-state index contributed by atoms with van der Waals surface area (Å²) in [5.41, 5.74) is 5.84. The second kappa shape index (κ2) is 6.26. The molecule has 0 spiro atoms. The lowest BCUT2D eigenvalue weighted by atomic mass is 10.1. The normalized spacial score (nSPS) is 11.7. The molecule has 5 nitrogen and oxygen atoms in total. The van der Waals surface area contributed by atoms with Crippen molar-refractivity contribution in [2.24, 2.45) is 10.9 Å². The fourth-order valence-corrected chi connectivity index (χ4v) is 1.70. The Labute approximate surface area is 111 Å². The summed E-state index contributed by atoms with van der Waals surface area (Å²) in [6.07, 6.45) is 0. The van der Waals surface area contributed by atoms with Crippen LogP contribution >= 0.6 is 11.6 Å². The summed E-state index contributed by atoms with van der Waals surface area (Å²) in [4.78, 5) is 13.8. The molecule has 0 atom stereocenters. The molecular formula is C12H16ClN3O2. The molecular weight excluding hydrogens is 254 g/mol. The van der Waals surface area contributed by atoms with Gasteiger partial charge in [-0.05, 0) is 26.0 Å². The molecule has 1 rings (SSSR count). The van der Waals surface area contributed by atoms with Crippen LogP contribution in [0.1, 0.15) is 24.2 Å². The van der Waals surface area contributed by atoms with Crippen LogP contribution < -0.4 is 5.73 Å². The van der Waals surface area contributed by atoms with Gasteiger partial charge in [-0.1, -0.05) is 28.9 Å². The molecule has 6 heteroatoms. The predicted molar refractivity (Wildman–Crippen MR) is 71.0 cm³/mol. The molecule has 0 saturated carbocycles. The van der Waals surface area contributed by atoms with Crippen molar-refractivity contribution in [3.63, 3.8) is 0 Å². The Bertz CT molecular complexity index is 460. The van der Waals surface area contributed by atoms with Crippen molar-refractivity contribution in [1.29, 1.82) is 0 Å². The summed E-state index contributed by atoms with van der Waals surface area (Å²) >= 11 is 5.98. The predicted octanol–water partition coefficient (Wildman–Crippen LogP) is 1.94. The second-order valence-electron chi connectivity index (χ2n) is 4.10. The number of nitrogens with zero attached hydrogens (tertiary/aromatic N) is 2. The zero-order valence-electron chi connectivity index (χ0n) is 10.3. The maximum Gasteiger partial charge on any atom is 0.256 e. The van der Waals surface area contributed by atoms with Crippen molar-refractivity contribution < 1.29 is 10.0 Å². The first-order chi connectivity index (χ1) is 8.47. The monoisotopic (exact) mass is 269 g/mol. The van der Waals surface area contributed by atoms with Gasteiger partial charge in [0.05, 0.1) is 17.1 Å². The van der Waals surface area contributed by atoms with Gasteiger partial charge in [0.2, 0.25) is 0 Å². The molecule has 18 heavy (non-hydrogen) atoms. The topological polar surface area (TPSA) is 78.9 Å². The summed E-state index contributed by atoms with van der Waals surface area (Å²) in [6.45, 7) is 3.75. The fourth-order valence-electron chi connectivity index (χ4n) is 1.48. The summed E-state index contributed by atoms with van der Waals surface area (Å²) in [6, 6.07) is 6.70. The molecule has 0 fully saturated rings. The largest absolute Gasteiger partial charge is 0.409 e. The molecule has 0 unspecified atom stereocenters. The summed E-state index contributed by atoms with van der Waals surface area (Å²) in [7, 11) is 0. The quantitative estimate of drug-likeness (QED) is 0.379. The molecule has 0 heterocycles. The summed E-state index contributed by atoms with van der Waals surface area (Å²) in [5, 5.41) is 11.8. The van der Waals surface area contributed by atoms with Crippen LogP contribution in [0.5, 0.6) is 0 Å². The highest BCUT2D eigenvalue weighted by Gasteiger charge is 2.21. The maximum absolute atomic E-state index is 12.3. The number of oxime groups is 1. The number of hydrogen-bond acceptors (Lipinski definition) is 3. The van der Waals surface area contributed by atoms with Crippen LogP contribution in [0.3, 0.4) is 0 Å². The third-order valence-electron chi connectivity index (χ3n) is 2.45. The Kier molecular flexibility index (Phi) is 4.97. The van der Waals surface area contributed by atoms with E-state index in [2.05, 4.69) is 5.16 Å². The highest BCUT2D eigenvalue weighted by molar-refractivity contribution is 6.33. The third kappa shape index (κ3) is 3.37. The van der Waals surface area contributed by atoms with Gasteiger partial charge in [0.1, 0.15) is 0 Å². The lowest BCUT2D eigenvalue weighted by molar-refractivity contribution is 0.0734. The van der Waals surface area contributed by atoms with Gasteiger partial charge < -0.3 is 15.8 Å². The van der Waals surface area contributed by atoms with Gasteiger partial charge in [0.25, 0.3) is 5.91 Å². The number of hydrogen-bond donors (Lipinski definition) is 2. The first-order valence-electron chi connectivity index (χ1n) is 5.49. The van der Waals surface area contributed by atoms with Gasteiger partial charge in [0.15, 0.2) is 5.84 Å². The van der Waals surface area contributed by atoms with Crippen LogP contribution in [0, 0.1) is 0 Å². The van der Waals surface area contributed by atoms with Gasteiger partial charge in [0, 0.05) is 6.04 Å². The van der Waals surface area contributed by atoms with Gasteiger partial charge >= 0.3 is 0 Å². The first kappa shape index (κ1) is 14.3. The number of carbonyl (C=O) groups is 1. The molecule has 0 aromatic heterocycles. The Morgan fingerprint density at radius 3 is 2.61 bits per heavy atom. The van der Waals surface area contributed by atoms with Crippen LogP contribution in [0.15, 0.2) is 29.4 Å². The third-order valence-corrected chi connectivity index (χ3v) is 2.78. The van der Waals surface area contributed by atoms with E-state index in [4.69, 9.17) is 22.5 Å². The van der Waals surface area contributed by atoms with E-state index in [-0.39, 0.29) is 24.3 Å². The summed E-state index contributed by atoms with van der Waals surface area (Å²) in [5.74, 6) is -0.272. The molecule has 0 aliphatic carbocycles. The molecule has 1 aromatic rings. The highest BCUT2D eigenvalue weighted by Crippen LogP contribution is 2.18. The lowest BCUT2D eigenvalue weighted by Crippen LogP contribution is -2.43. The maximum atomic E-state index is 12.3. The Morgan fingerprint density at radius 2 is 2.11 bits per heavy atom. The minimum Gasteiger partial charge on any atom is -0.409 e. The number of halogens is 1. The van der Waals surface area contributed by atoms with Crippen molar-refractivity contribution in [2.45, 2.75) is 19.9 Å². The molecule has 1 aromatic carbocycles. The number of amides is 1. The summed E-state index contributed by atoms with van der Waals surface area (Å²) < 4.78 is 0. The molecule has 0 aliphatic rings. The van der Waals surface area contributed by atoms with Crippen molar-refractivity contribution >= 4 is 23.3 Å². The van der Waals surface area contributed by atoms with Crippen LogP contribution in [0.25, 0.3) is 0 Å². The van der Waals surface area contributed by atoms with E-state index in [0.29, 0.717) is 10.6 Å². The number of carbonyl (C=O) groups excluding carboxylic acids is 1. The number of benzene rings is 1. The van der Waals surface area contributed by atoms with Crippen molar-refractivity contribution in [3.05, 3.63) is 34.9 Å². The molecule has 3 N–H and O–H groups in total. The Morgan fingerprint density at radius 1 is 1.50 bits per heavy atom. The minimum atomic E-state index is -0.248. The van der Waals surface area contributed by atoms with E-state index in [0.717, 1.165) is 0 Å². The zero-order chi connectivity index (χ0) is 13.7. The van der Waals surface area contributed by atoms with E-state index in [1.165, 1.54) is 4.90 Å². The van der Waals surface area contributed by atoms with Gasteiger partial charge in [-0.25, -0.2) is 0 Å². The van der Waals surface area contributed by atoms with Crippen molar-refractivity contribution in [2.75, 3.05) is 6.54 Å². The Balaban J connectivity index is 3.01. The second-order valence-corrected chi connectivity index (χ2v) is 4.51. The SMILES string of the molecule is CC(C)N(CC(N)=NO)C(=O)c1ccccc1Cl. The standard InChI is InChI=1S/C12H16ClN3O2/c1-8(2)16(7-11(14)15-18)12(17)9-5-3-4-6-10(9)13/h3-6,8,18H,7H2,1-2H3,(H2,14,15). The van der Waals surface area contributed by atoms with Crippen LogP contribution in [-0.2, 0) is 0 Å². The average Bonchev–Trinajstić information content (AvgIpc) is 2.35. The molecule has 1 amide bonds. The number of nitrogens with two attached hydrogens (primary N) is 1. The van der Waals surface area contributed by atoms with E-state index < -0.39 is 0 Å². The average molecular weight is 270 g/mol. The number of amidine groups is 1. The Hall–Kier alpha value is -1.75. The van der Waals surface area contributed by atoms with Gasteiger partial charge in [-0.3, -0.25) is 4.79 Å². The van der Waals surface area contributed by atoms with Gasteiger partial charge in [-0.2, -0.15) is 0 Å². The van der Waals surface area contributed by atoms with E-state index in [9.17, 15) is 4.79 Å². The fraction of sp³-hybridized carbons (Fsp3) is 0.333.